The maximum atomic E-state index is 12.0. The fourth-order valence-corrected chi connectivity index (χ4v) is 3.19. The molecule has 2 atom stereocenters. The third-order valence-electron chi connectivity index (χ3n) is 4.00. The maximum absolute atomic E-state index is 12.0. The Morgan fingerprint density at radius 1 is 1.39 bits per heavy atom. The lowest BCUT2D eigenvalue weighted by Crippen LogP contribution is -2.56. The van der Waals surface area contributed by atoms with Gasteiger partial charge in [-0.2, -0.15) is 0 Å². The van der Waals surface area contributed by atoms with E-state index in [9.17, 15) is 9.90 Å². The zero-order chi connectivity index (χ0) is 14.4. The molecule has 1 heterocycles. The summed E-state index contributed by atoms with van der Waals surface area (Å²) in [6.07, 6.45) is 0.629. The minimum absolute atomic E-state index is 0.230. The summed E-state index contributed by atoms with van der Waals surface area (Å²) in [7, 11) is 1.31. The van der Waals surface area contributed by atoms with Crippen molar-refractivity contribution >= 4 is 5.97 Å². The first-order chi connectivity index (χ1) is 7.97. The third kappa shape index (κ3) is 2.41. The predicted octanol–water partition coefficient (Wildman–Crippen LogP) is 2.14. The molecule has 0 saturated carbocycles. The fourth-order valence-electron chi connectivity index (χ4n) is 3.19. The molecule has 0 aliphatic carbocycles. The molecule has 0 aromatic rings. The highest BCUT2D eigenvalue weighted by molar-refractivity contribution is 5.80. The summed E-state index contributed by atoms with van der Waals surface area (Å²) in [5, 5.41) is 10.9. The molecular weight excluding hydrogens is 232 g/mol. The van der Waals surface area contributed by atoms with Gasteiger partial charge in [0.1, 0.15) is 0 Å². The number of carbonyl (C=O) groups is 1. The molecule has 2 unspecified atom stereocenters. The number of methoxy groups -OCH3 is 1. The Labute approximate surface area is 110 Å². The van der Waals surface area contributed by atoms with Crippen LogP contribution < -0.4 is 0 Å². The molecule has 1 saturated heterocycles. The summed E-state index contributed by atoms with van der Waals surface area (Å²) in [6.45, 7) is 11.5. The van der Waals surface area contributed by atoms with Crippen molar-refractivity contribution in [1.82, 2.24) is 0 Å². The smallest absolute Gasteiger partial charge is 0.338 e. The summed E-state index contributed by atoms with van der Waals surface area (Å²) in [6, 6.07) is 0. The second kappa shape index (κ2) is 4.49. The van der Waals surface area contributed by atoms with Gasteiger partial charge in [0.25, 0.3) is 0 Å². The van der Waals surface area contributed by atoms with E-state index in [1.54, 1.807) is 0 Å². The Hall–Kier alpha value is -0.610. The van der Waals surface area contributed by atoms with Gasteiger partial charge in [-0.3, -0.25) is 0 Å². The minimum Gasteiger partial charge on any atom is -0.467 e. The zero-order valence-electron chi connectivity index (χ0n) is 12.5. The van der Waals surface area contributed by atoms with Crippen LogP contribution in [0.5, 0.6) is 0 Å². The third-order valence-corrected chi connectivity index (χ3v) is 4.00. The van der Waals surface area contributed by atoms with Gasteiger partial charge in [-0.25, -0.2) is 4.79 Å². The van der Waals surface area contributed by atoms with Crippen LogP contribution in [0.4, 0.5) is 0 Å². The van der Waals surface area contributed by atoms with Gasteiger partial charge in [0.15, 0.2) is 5.60 Å². The van der Waals surface area contributed by atoms with Gasteiger partial charge in [0.05, 0.1) is 18.3 Å². The highest BCUT2D eigenvalue weighted by Gasteiger charge is 2.60. The Bertz CT molecular complexity index is 333. The molecule has 0 bridgehead atoms. The van der Waals surface area contributed by atoms with E-state index in [4.69, 9.17) is 9.47 Å². The number of hydrogen-bond donors (Lipinski definition) is 1. The van der Waals surface area contributed by atoms with E-state index in [1.165, 1.54) is 7.11 Å². The van der Waals surface area contributed by atoms with Crippen LogP contribution in [0.2, 0.25) is 0 Å². The van der Waals surface area contributed by atoms with Gasteiger partial charge >= 0.3 is 5.97 Å². The number of esters is 1. The molecule has 1 aliphatic rings. The lowest BCUT2D eigenvalue weighted by Gasteiger charge is -2.40. The molecule has 1 aliphatic heterocycles. The van der Waals surface area contributed by atoms with Gasteiger partial charge in [-0.1, -0.05) is 13.8 Å². The Balaban J connectivity index is 3.20. The molecule has 4 nitrogen and oxygen atoms in total. The molecule has 18 heavy (non-hydrogen) atoms. The van der Waals surface area contributed by atoms with E-state index in [-0.39, 0.29) is 17.4 Å². The number of carbonyl (C=O) groups excluding carboxylic acids is 1. The Morgan fingerprint density at radius 3 is 2.17 bits per heavy atom. The van der Waals surface area contributed by atoms with Gasteiger partial charge in [0, 0.05) is 5.92 Å². The number of ether oxygens (including phenoxy) is 2. The van der Waals surface area contributed by atoms with Gasteiger partial charge in [0.2, 0.25) is 0 Å². The van der Waals surface area contributed by atoms with Crippen LogP contribution in [-0.4, -0.2) is 35.0 Å². The lowest BCUT2D eigenvalue weighted by molar-refractivity contribution is -0.185. The van der Waals surface area contributed by atoms with Crippen LogP contribution in [0.25, 0.3) is 0 Å². The molecule has 0 aromatic carbocycles. The monoisotopic (exact) mass is 258 g/mol. The summed E-state index contributed by atoms with van der Waals surface area (Å²) in [5.74, 6) is -1.09. The first-order valence-electron chi connectivity index (χ1n) is 6.48. The van der Waals surface area contributed by atoms with Crippen molar-refractivity contribution in [2.24, 2.45) is 11.8 Å². The quantitative estimate of drug-likeness (QED) is 0.788. The van der Waals surface area contributed by atoms with E-state index >= 15 is 0 Å². The zero-order valence-corrected chi connectivity index (χ0v) is 12.5. The minimum atomic E-state index is -1.51. The van der Waals surface area contributed by atoms with Crippen molar-refractivity contribution in [2.45, 2.75) is 64.8 Å². The van der Waals surface area contributed by atoms with Crippen LogP contribution >= 0.6 is 0 Å². The average Bonchev–Trinajstić information content (AvgIpc) is 2.44. The molecule has 0 spiro atoms. The predicted molar refractivity (Wildman–Crippen MR) is 69.2 cm³/mol. The van der Waals surface area contributed by atoms with Gasteiger partial charge < -0.3 is 14.6 Å². The average molecular weight is 258 g/mol. The molecule has 4 heteroatoms. The second-order valence-corrected chi connectivity index (χ2v) is 6.69. The van der Waals surface area contributed by atoms with Crippen molar-refractivity contribution in [3.63, 3.8) is 0 Å². The summed E-state index contributed by atoms with van der Waals surface area (Å²) < 4.78 is 10.8. The highest BCUT2D eigenvalue weighted by Crippen LogP contribution is 2.49. The van der Waals surface area contributed by atoms with Gasteiger partial charge in [-0.15, -0.1) is 0 Å². The van der Waals surface area contributed by atoms with Crippen molar-refractivity contribution in [1.29, 1.82) is 0 Å². The van der Waals surface area contributed by atoms with Crippen LogP contribution in [0.15, 0.2) is 0 Å². The van der Waals surface area contributed by atoms with E-state index in [0.29, 0.717) is 6.42 Å². The normalized spacial score (nSPS) is 29.1. The SMILES string of the molecule is COC(=O)C(O)(C(C)C)C1CC(C)(C)OC1(C)C. The number of rotatable bonds is 3. The summed E-state index contributed by atoms with van der Waals surface area (Å²) in [5.41, 5.74) is -2.41. The van der Waals surface area contributed by atoms with Crippen molar-refractivity contribution in [3.8, 4) is 0 Å². The van der Waals surface area contributed by atoms with E-state index < -0.39 is 17.2 Å². The van der Waals surface area contributed by atoms with Gasteiger partial charge in [-0.05, 0) is 40.0 Å². The fraction of sp³-hybridized carbons (Fsp3) is 0.929. The van der Waals surface area contributed by atoms with Crippen LogP contribution in [0.3, 0.4) is 0 Å². The molecule has 1 N–H and O–H groups in total. The first kappa shape index (κ1) is 15.4. The Morgan fingerprint density at radius 2 is 1.89 bits per heavy atom. The largest absolute Gasteiger partial charge is 0.467 e. The van der Waals surface area contributed by atoms with Crippen molar-refractivity contribution in [2.75, 3.05) is 7.11 Å². The van der Waals surface area contributed by atoms with Crippen molar-refractivity contribution in [3.05, 3.63) is 0 Å². The van der Waals surface area contributed by atoms with Crippen LogP contribution in [0.1, 0.15) is 48.0 Å². The first-order valence-corrected chi connectivity index (χ1v) is 6.48. The maximum Gasteiger partial charge on any atom is 0.338 e. The summed E-state index contributed by atoms with van der Waals surface area (Å²) >= 11 is 0. The Kier molecular flexibility index (Phi) is 3.86. The number of aliphatic hydroxyl groups is 1. The molecular formula is C14H26O4. The molecule has 0 radical (unpaired) electrons. The van der Waals surface area contributed by atoms with Crippen LogP contribution in [-0.2, 0) is 14.3 Å². The molecule has 1 fully saturated rings. The number of hydrogen-bond acceptors (Lipinski definition) is 4. The van der Waals surface area contributed by atoms with Crippen molar-refractivity contribution < 1.29 is 19.4 Å². The van der Waals surface area contributed by atoms with E-state index in [1.807, 2.05) is 41.5 Å². The molecule has 106 valence electrons. The second-order valence-electron chi connectivity index (χ2n) is 6.69. The van der Waals surface area contributed by atoms with E-state index in [0.717, 1.165) is 0 Å². The van der Waals surface area contributed by atoms with E-state index in [2.05, 4.69) is 0 Å². The standard InChI is InChI=1S/C14H26O4/c1-9(2)14(16,11(15)17-7)10-8-12(3,4)18-13(10,5)6/h9-10,16H,8H2,1-7H3. The summed E-state index contributed by atoms with van der Waals surface area (Å²) in [4.78, 5) is 12.0. The van der Waals surface area contributed by atoms with Crippen LogP contribution in [0, 0.1) is 11.8 Å². The highest BCUT2D eigenvalue weighted by atomic mass is 16.5. The molecule has 0 amide bonds. The lowest BCUT2D eigenvalue weighted by atomic mass is 9.69. The molecule has 0 aromatic heterocycles. The molecule has 1 rings (SSSR count). The topological polar surface area (TPSA) is 55.8 Å².